The van der Waals surface area contributed by atoms with Crippen LogP contribution in [0.15, 0.2) is 29.2 Å². The van der Waals surface area contributed by atoms with Crippen LogP contribution in [-0.4, -0.2) is 11.9 Å². The summed E-state index contributed by atoms with van der Waals surface area (Å²) in [6.45, 7) is 4.57. The summed E-state index contributed by atoms with van der Waals surface area (Å²) in [7, 11) is 0. The lowest BCUT2D eigenvalue weighted by molar-refractivity contribution is 0.0895. The van der Waals surface area contributed by atoms with Gasteiger partial charge in [-0.25, -0.2) is 0 Å². The number of amides is 1. The molecule has 0 unspecified atom stereocenters. The second-order valence-electron chi connectivity index (χ2n) is 7.24. The van der Waals surface area contributed by atoms with Gasteiger partial charge >= 0.3 is 0 Å². The average molecular weight is 392 g/mol. The molecular weight excluding hydrogens is 370 g/mol. The fourth-order valence-corrected chi connectivity index (χ4v) is 6.45. The van der Waals surface area contributed by atoms with E-state index >= 15 is 0 Å². The molecule has 1 aromatic carbocycles. The van der Waals surface area contributed by atoms with Gasteiger partial charge in [0.2, 0.25) is 0 Å². The molecule has 3 atom stereocenters. The van der Waals surface area contributed by atoms with Crippen molar-refractivity contribution in [2.75, 3.05) is 0 Å². The highest BCUT2D eigenvalue weighted by atomic mass is 35.5. The van der Waals surface area contributed by atoms with Crippen LogP contribution in [0, 0.1) is 11.8 Å². The third-order valence-electron chi connectivity index (χ3n) is 5.63. The van der Waals surface area contributed by atoms with Crippen LogP contribution >= 0.6 is 34.7 Å². The monoisotopic (exact) mass is 391 g/mol. The van der Waals surface area contributed by atoms with Crippen molar-refractivity contribution in [2.24, 2.45) is 11.8 Å². The van der Waals surface area contributed by atoms with E-state index in [1.54, 1.807) is 23.1 Å². The first-order valence-electron chi connectivity index (χ1n) is 8.89. The van der Waals surface area contributed by atoms with Crippen molar-refractivity contribution < 1.29 is 4.79 Å². The summed E-state index contributed by atoms with van der Waals surface area (Å²) in [4.78, 5) is 16.1. The molecule has 25 heavy (non-hydrogen) atoms. The van der Waals surface area contributed by atoms with Crippen LogP contribution in [0.5, 0.6) is 0 Å². The number of nitrogens with one attached hydrogen (secondary N) is 1. The Morgan fingerprint density at radius 2 is 2.08 bits per heavy atom. The van der Waals surface area contributed by atoms with Gasteiger partial charge in [0.25, 0.3) is 5.91 Å². The second-order valence-corrected chi connectivity index (χ2v) is 9.75. The van der Waals surface area contributed by atoms with E-state index in [1.165, 1.54) is 33.7 Å². The van der Waals surface area contributed by atoms with Gasteiger partial charge in [-0.2, -0.15) is 0 Å². The van der Waals surface area contributed by atoms with Gasteiger partial charge in [-0.05, 0) is 42.0 Å². The number of hydrogen-bond acceptors (Lipinski definition) is 3. The number of carbonyl (C=O) groups excluding carboxylic acids is 1. The maximum absolute atomic E-state index is 12.8. The molecule has 1 N–H and O–H groups in total. The molecule has 1 aromatic heterocycles. The van der Waals surface area contributed by atoms with Crippen molar-refractivity contribution in [3.05, 3.63) is 39.7 Å². The Balaban J connectivity index is 1.57. The van der Waals surface area contributed by atoms with E-state index in [0.717, 1.165) is 22.1 Å². The second kappa shape index (κ2) is 6.98. The Bertz CT molecular complexity index is 816. The largest absolute Gasteiger partial charge is 0.348 e. The van der Waals surface area contributed by atoms with Gasteiger partial charge in [-0.15, -0.1) is 23.1 Å². The van der Waals surface area contributed by atoms with Crippen molar-refractivity contribution in [1.29, 1.82) is 0 Å². The molecule has 0 spiro atoms. The standard InChI is InChI=1S/C20H22ClNOS2/c1-11-4-3-5-16(12(11)2)22-20(23)18-8-13-10-24-17-9-14(21)6-7-15(17)19(13)25-18/h6-9,11-12,16H,3-5,10H2,1-2H3,(H,22,23)/t11-,12+,16-/m1/s1. The van der Waals surface area contributed by atoms with E-state index in [-0.39, 0.29) is 5.91 Å². The van der Waals surface area contributed by atoms with Gasteiger partial charge in [0.1, 0.15) is 0 Å². The number of halogens is 1. The highest BCUT2D eigenvalue weighted by molar-refractivity contribution is 7.98. The highest BCUT2D eigenvalue weighted by Crippen LogP contribution is 2.46. The molecule has 5 heteroatoms. The Labute approximate surface area is 162 Å². The van der Waals surface area contributed by atoms with Gasteiger partial charge in [-0.1, -0.05) is 44.4 Å². The minimum Gasteiger partial charge on any atom is -0.348 e. The van der Waals surface area contributed by atoms with Gasteiger partial charge in [-0.3, -0.25) is 4.79 Å². The predicted molar refractivity (Wildman–Crippen MR) is 108 cm³/mol. The molecule has 0 bridgehead atoms. The molecule has 1 saturated carbocycles. The average Bonchev–Trinajstić information content (AvgIpc) is 3.03. The molecule has 1 amide bonds. The number of hydrogen-bond donors (Lipinski definition) is 1. The smallest absolute Gasteiger partial charge is 0.261 e. The zero-order valence-corrected chi connectivity index (χ0v) is 16.9. The normalized spacial score (nSPS) is 25.2. The van der Waals surface area contributed by atoms with E-state index in [1.807, 2.05) is 12.1 Å². The number of rotatable bonds is 2. The molecule has 2 heterocycles. The predicted octanol–water partition coefficient (Wildman–Crippen LogP) is 6.23. The molecular formula is C20H22ClNOS2. The summed E-state index contributed by atoms with van der Waals surface area (Å²) in [6.07, 6.45) is 3.58. The molecule has 0 radical (unpaired) electrons. The van der Waals surface area contributed by atoms with Crippen molar-refractivity contribution in [3.63, 3.8) is 0 Å². The maximum Gasteiger partial charge on any atom is 0.261 e. The Hall–Kier alpha value is -0.970. The third-order valence-corrected chi connectivity index (χ3v) is 8.18. The lowest BCUT2D eigenvalue weighted by Crippen LogP contribution is -2.43. The molecule has 2 aliphatic rings. The number of thiophene rings is 1. The fraction of sp³-hybridized carbons (Fsp3) is 0.450. The summed E-state index contributed by atoms with van der Waals surface area (Å²) in [5, 5.41) is 4.07. The van der Waals surface area contributed by atoms with Gasteiger partial charge in [0.05, 0.1) is 4.88 Å². The van der Waals surface area contributed by atoms with Crippen molar-refractivity contribution in [3.8, 4) is 10.4 Å². The number of carbonyl (C=O) groups is 1. The van der Waals surface area contributed by atoms with Crippen LogP contribution in [-0.2, 0) is 5.75 Å². The summed E-state index contributed by atoms with van der Waals surface area (Å²) in [5.74, 6) is 2.23. The van der Waals surface area contributed by atoms with Crippen molar-refractivity contribution >= 4 is 40.6 Å². The molecule has 4 rings (SSSR count). The van der Waals surface area contributed by atoms with Crippen LogP contribution in [0.4, 0.5) is 0 Å². The van der Waals surface area contributed by atoms with E-state index in [0.29, 0.717) is 17.9 Å². The molecule has 2 aromatic rings. The molecule has 1 aliphatic heterocycles. The van der Waals surface area contributed by atoms with Crippen LogP contribution in [0.2, 0.25) is 5.02 Å². The van der Waals surface area contributed by atoms with E-state index in [2.05, 4.69) is 31.3 Å². The Morgan fingerprint density at radius 3 is 2.92 bits per heavy atom. The van der Waals surface area contributed by atoms with Crippen LogP contribution in [0.3, 0.4) is 0 Å². The van der Waals surface area contributed by atoms with E-state index in [4.69, 9.17) is 11.6 Å². The van der Waals surface area contributed by atoms with Gasteiger partial charge < -0.3 is 5.32 Å². The van der Waals surface area contributed by atoms with E-state index in [9.17, 15) is 4.79 Å². The minimum absolute atomic E-state index is 0.0888. The fourth-order valence-electron chi connectivity index (χ4n) is 3.86. The summed E-state index contributed by atoms with van der Waals surface area (Å²) in [5.41, 5.74) is 2.47. The molecule has 2 nitrogen and oxygen atoms in total. The topological polar surface area (TPSA) is 29.1 Å². The lowest BCUT2D eigenvalue weighted by Gasteiger charge is -2.34. The third kappa shape index (κ3) is 3.36. The molecule has 0 saturated heterocycles. The quantitative estimate of drug-likeness (QED) is 0.657. The van der Waals surface area contributed by atoms with Gasteiger partial charge in [0.15, 0.2) is 0 Å². The van der Waals surface area contributed by atoms with Crippen molar-refractivity contribution in [2.45, 2.75) is 49.8 Å². The first kappa shape index (κ1) is 17.4. The van der Waals surface area contributed by atoms with Crippen LogP contribution < -0.4 is 5.32 Å². The first-order valence-corrected chi connectivity index (χ1v) is 11.1. The van der Waals surface area contributed by atoms with E-state index < -0.39 is 0 Å². The van der Waals surface area contributed by atoms with Crippen LogP contribution in [0.1, 0.15) is 48.3 Å². The lowest BCUT2D eigenvalue weighted by atomic mass is 9.78. The zero-order valence-electron chi connectivity index (χ0n) is 14.5. The minimum atomic E-state index is 0.0888. The SMILES string of the molecule is C[C@H]1[C@H](C)CCC[C@H]1NC(=O)c1cc2c(s1)-c1ccc(Cl)cc1SC2. The van der Waals surface area contributed by atoms with Gasteiger partial charge in [0, 0.05) is 32.2 Å². The molecule has 132 valence electrons. The molecule has 1 fully saturated rings. The van der Waals surface area contributed by atoms with Crippen LogP contribution in [0.25, 0.3) is 10.4 Å². The number of thioether (sulfide) groups is 1. The number of benzene rings is 1. The maximum atomic E-state index is 12.8. The summed E-state index contributed by atoms with van der Waals surface area (Å²) < 4.78 is 0. The zero-order chi connectivity index (χ0) is 17.6. The Kier molecular flexibility index (Phi) is 4.87. The number of fused-ring (bicyclic) bond motifs is 3. The first-order chi connectivity index (χ1) is 12.0. The molecule has 1 aliphatic carbocycles. The Morgan fingerprint density at radius 1 is 1.24 bits per heavy atom. The van der Waals surface area contributed by atoms with Crippen molar-refractivity contribution in [1.82, 2.24) is 5.32 Å². The summed E-state index contributed by atoms with van der Waals surface area (Å²) >= 11 is 9.53. The summed E-state index contributed by atoms with van der Waals surface area (Å²) in [6, 6.07) is 8.41. The highest BCUT2D eigenvalue weighted by Gasteiger charge is 2.29.